The number of benzene rings is 2. The maximum Gasteiger partial charge on any atom is 0.0653 e. The summed E-state index contributed by atoms with van der Waals surface area (Å²) >= 11 is 0. The van der Waals surface area contributed by atoms with E-state index in [0.29, 0.717) is 6.61 Å². The van der Waals surface area contributed by atoms with Crippen LogP contribution in [0.3, 0.4) is 0 Å². The van der Waals surface area contributed by atoms with Crippen LogP contribution in [0.15, 0.2) is 66.3 Å². The number of rotatable bonds is 5. The molecule has 1 heterocycles. The smallest absolute Gasteiger partial charge is 0.0653 e. The van der Waals surface area contributed by atoms with E-state index >= 15 is 0 Å². The summed E-state index contributed by atoms with van der Waals surface area (Å²) in [5.74, 6) is 0. The molecule has 2 N–H and O–H groups in total. The maximum atomic E-state index is 6.29. The minimum Gasteiger partial charge on any atom is -0.398 e. The lowest BCUT2D eigenvalue weighted by atomic mass is 9.87. The summed E-state index contributed by atoms with van der Waals surface area (Å²) in [6, 6.07) is 17.4. The van der Waals surface area contributed by atoms with Crippen LogP contribution in [-0.4, -0.2) is 13.2 Å². The minimum atomic E-state index is 0.715. The number of hydrogen-bond donors (Lipinski definition) is 1. The molecular weight excluding hydrogens is 330 g/mol. The van der Waals surface area contributed by atoms with Crippen molar-refractivity contribution in [1.82, 2.24) is 0 Å². The molecule has 1 aliphatic heterocycles. The van der Waals surface area contributed by atoms with Crippen LogP contribution >= 0.6 is 0 Å². The monoisotopic (exact) mass is 359 g/mol. The first kappa shape index (κ1) is 19.2. The lowest BCUT2D eigenvalue weighted by Gasteiger charge is -2.18. The van der Waals surface area contributed by atoms with Crippen molar-refractivity contribution in [2.24, 2.45) is 5.73 Å². The van der Waals surface area contributed by atoms with Gasteiger partial charge in [0.25, 0.3) is 0 Å². The molecular formula is C25H29NO. The van der Waals surface area contributed by atoms with Gasteiger partial charge in [0.2, 0.25) is 0 Å². The summed E-state index contributed by atoms with van der Waals surface area (Å²) in [6.07, 6.45) is 6.15. The Morgan fingerprint density at radius 1 is 1.07 bits per heavy atom. The molecule has 2 aromatic rings. The van der Waals surface area contributed by atoms with Crippen molar-refractivity contribution < 1.29 is 4.74 Å². The first-order valence-electron chi connectivity index (χ1n) is 9.74. The van der Waals surface area contributed by atoms with Crippen molar-refractivity contribution >= 4 is 16.8 Å². The van der Waals surface area contributed by atoms with E-state index < -0.39 is 0 Å². The van der Waals surface area contributed by atoms with Gasteiger partial charge in [-0.15, -0.1) is 0 Å². The van der Waals surface area contributed by atoms with E-state index in [1.807, 2.05) is 13.0 Å². The SMILES string of the molecule is C/C=C(/N)c1ccccc1C(=C(C)CC)c1ccc(C2=CCOCC2)cc1. The largest absolute Gasteiger partial charge is 0.398 e. The lowest BCUT2D eigenvalue weighted by Crippen LogP contribution is -2.04. The Labute approximate surface area is 163 Å². The number of allylic oxidation sites excluding steroid dienone is 2. The Morgan fingerprint density at radius 2 is 1.78 bits per heavy atom. The highest BCUT2D eigenvalue weighted by molar-refractivity contribution is 5.88. The molecule has 0 bridgehead atoms. The molecule has 2 heteroatoms. The van der Waals surface area contributed by atoms with E-state index in [9.17, 15) is 0 Å². The molecule has 0 radical (unpaired) electrons. The van der Waals surface area contributed by atoms with Crippen molar-refractivity contribution in [2.45, 2.75) is 33.6 Å². The van der Waals surface area contributed by atoms with Gasteiger partial charge < -0.3 is 10.5 Å². The third-order valence-corrected chi connectivity index (χ3v) is 5.28. The predicted octanol–water partition coefficient (Wildman–Crippen LogP) is 6.04. The van der Waals surface area contributed by atoms with E-state index in [4.69, 9.17) is 10.5 Å². The molecule has 140 valence electrons. The van der Waals surface area contributed by atoms with E-state index in [1.54, 1.807) is 0 Å². The normalized spacial score (nSPS) is 16.0. The summed E-state index contributed by atoms with van der Waals surface area (Å²) in [7, 11) is 0. The Kier molecular flexibility index (Phi) is 6.31. The van der Waals surface area contributed by atoms with E-state index in [0.717, 1.165) is 30.7 Å². The van der Waals surface area contributed by atoms with Crippen LogP contribution in [0.25, 0.3) is 16.8 Å². The van der Waals surface area contributed by atoms with Crippen LogP contribution in [0.1, 0.15) is 55.9 Å². The van der Waals surface area contributed by atoms with Crippen LogP contribution in [0, 0.1) is 0 Å². The van der Waals surface area contributed by atoms with Gasteiger partial charge in [-0.05, 0) is 54.5 Å². The second-order valence-electron chi connectivity index (χ2n) is 6.93. The summed E-state index contributed by atoms with van der Waals surface area (Å²) in [4.78, 5) is 0. The van der Waals surface area contributed by atoms with E-state index in [2.05, 4.69) is 68.5 Å². The third kappa shape index (κ3) is 4.23. The Morgan fingerprint density at radius 3 is 2.37 bits per heavy atom. The highest BCUT2D eigenvalue weighted by Crippen LogP contribution is 2.33. The molecule has 0 aromatic heterocycles. The van der Waals surface area contributed by atoms with Gasteiger partial charge in [0.1, 0.15) is 0 Å². The zero-order chi connectivity index (χ0) is 19.2. The highest BCUT2D eigenvalue weighted by atomic mass is 16.5. The van der Waals surface area contributed by atoms with Crippen molar-refractivity contribution in [3.8, 4) is 0 Å². The average Bonchev–Trinajstić information content (AvgIpc) is 2.74. The van der Waals surface area contributed by atoms with Gasteiger partial charge in [-0.3, -0.25) is 0 Å². The Balaban J connectivity index is 2.07. The van der Waals surface area contributed by atoms with Crippen molar-refractivity contribution in [3.63, 3.8) is 0 Å². The van der Waals surface area contributed by atoms with Gasteiger partial charge >= 0.3 is 0 Å². The predicted molar refractivity (Wildman–Crippen MR) is 116 cm³/mol. The van der Waals surface area contributed by atoms with Crippen LogP contribution in [-0.2, 0) is 4.74 Å². The second-order valence-corrected chi connectivity index (χ2v) is 6.93. The van der Waals surface area contributed by atoms with Gasteiger partial charge in [0.15, 0.2) is 0 Å². The first-order valence-corrected chi connectivity index (χ1v) is 9.74. The molecule has 0 saturated heterocycles. The summed E-state index contributed by atoms with van der Waals surface area (Å²) < 4.78 is 5.43. The van der Waals surface area contributed by atoms with Crippen LogP contribution in [0.5, 0.6) is 0 Å². The van der Waals surface area contributed by atoms with Crippen LogP contribution in [0.4, 0.5) is 0 Å². The number of ether oxygens (including phenoxy) is 1. The van der Waals surface area contributed by atoms with E-state index in [1.165, 1.54) is 33.4 Å². The summed E-state index contributed by atoms with van der Waals surface area (Å²) in [5, 5.41) is 0. The highest BCUT2D eigenvalue weighted by Gasteiger charge is 2.14. The summed E-state index contributed by atoms with van der Waals surface area (Å²) in [6.45, 7) is 7.93. The van der Waals surface area contributed by atoms with Crippen molar-refractivity contribution in [2.75, 3.05) is 13.2 Å². The van der Waals surface area contributed by atoms with Gasteiger partial charge in [0, 0.05) is 11.3 Å². The zero-order valence-electron chi connectivity index (χ0n) is 16.6. The van der Waals surface area contributed by atoms with Crippen LogP contribution < -0.4 is 5.73 Å². The van der Waals surface area contributed by atoms with Gasteiger partial charge in [-0.1, -0.05) is 73.2 Å². The Hall–Kier alpha value is -2.58. The van der Waals surface area contributed by atoms with Gasteiger partial charge in [-0.25, -0.2) is 0 Å². The average molecular weight is 360 g/mol. The standard InChI is InChI=1S/C25H29NO/c1-4-18(3)25(23-9-7-6-8-22(23)24(26)5-2)21-12-10-19(11-13-21)20-14-16-27-17-15-20/h5-14H,4,15-17,26H2,1-3H3/b24-5+,25-18?. The third-order valence-electron chi connectivity index (χ3n) is 5.28. The molecule has 0 unspecified atom stereocenters. The molecule has 1 aliphatic rings. The van der Waals surface area contributed by atoms with Crippen molar-refractivity contribution in [3.05, 3.63) is 88.5 Å². The molecule has 0 amide bonds. The maximum absolute atomic E-state index is 6.29. The van der Waals surface area contributed by atoms with E-state index in [-0.39, 0.29) is 0 Å². The zero-order valence-corrected chi connectivity index (χ0v) is 16.6. The minimum absolute atomic E-state index is 0.715. The molecule has 0 aliphatic carbocycles. The fourth-order valence-electron chi connectivity index (χ4n) is 3.56. The molecule has 0 atom stereocenters. The van der Waals surface area contributed by atoms with Gasteiger partial charge in [-0.2, -0.15) is 0 Å². The molecule has 0 saturated carbocycles. The van der Waals surface area contributed by atoms with Crippen molar-refractivity contribution in [1.29, 1.82) is 0 Å². The number of hydrogen-bond acceptors (Lipinski definition) is 2. The Bertz CT molecular complexity index is 885. The quantitative estimate of drug-likeness (QED) is 0.706. The molecule has 0 fully saturated rings. The fraction of sp³-hybridized carbons (Fsp3) is 0.280. The molecule has 0 spiro atoms. The number of nitrogens with two attached hydrogens (primary N) is 1. The first-order chi connectivity index (χ1) is 13.2. The molecule has 2 nitrogen and oxygen atoms in total. The molecule has 3 rings (SSSR count). The fourth-order valence-corrected chi connectivity index (χ4v) is 3.56. The van der Waals surface area contributed by atoms with Crippen LogP contribution in [0.2, 0.25) is 0 Å². The molecule has 2 aromatic carbocycles. The second kappa shape index (κ2) is 8.88. The lowest BCUT2D eigenvalue weighted by molar-refractivity contribution is 0.161. The topological polar surface area (TPSA) is 35.2 Å². The van der Waals surface area contributed by atoms with Gasteiger partial charge in [0.05, 0.1) is 13.2 Å². The summed E-state index contributed by atoms with van der Waals surface area (Å²) in [5.41, 5.74) is 16.0. The molecule has 27 heavy (non-hydrogen) atoms.